The van der Waals surface area contributed by atoms with E-state index >= 15 is 0 Å². The quantitative estimate of drug-likeness (QED) is 0.0199. The van der Waals surface area contributed by atoms with E-state index in [1.807, 2.05) is 72.9 Å². The van der Waals surface area contributed by atoms with Gasteiger partial charge in [-0.05, 0) is 116 Å². The fraction of sp³-hybridized carbons (Fsp3) is 0.492. The summed E-state index contributed by atoms with van der Waals surface area (Å²) in [6, 6.07) is 0. The normalized spacial score (nSPS) is 13.6. The molecule has 0 saturated heterocycles. The lowest BCUT2D eigenvalue weighted by molar-refractivity contribution is -0.167. The van der Waals surface area contributed by atoms with Gasteiger partial charge in [0.15, 0.2) is 6.10 Å². The molecule has 71 heavy (non-hydrogen) atoms. The minimum absolute atomic E-state index is 0.151. The van der Waals surface area contributed by atoms with Crippen molar-refractivity contribution in [3.05, 3.63) is 182 Å². The molecule has 0 N–H and O–H groups in total. The number of carbonyl (C=O) groups excluding carboxylic acids is 3. The molecule has 0 heterocycles. The van der Waals surface area contributed by atoms with E-state index in [2.05, 4.69) is 130 Å². The number of allylic oxidation sites excluding steroid dienone is 30. The predicted octanol–water partition coefficient (Wildman–Crippen LogP) is 18.5. The smallest absolute Gasteiger partial charge is 0.306 e. The molecule has 392 valence electrons. The molecule has 0 aromatic rings. The van der Waals surface area contributed by atoms with Gasteiger partial charge in [-0.25, -0.2) is 0 Å². The van der Waals surface area contributed by atoms with Crippen molar-refractivity contribution in [2.75, 3.05) is 13.2 Å². The number of unbranched alkanes of at least 4 members (excludes halogenated alkanes) is 11. The molecule has 0 rings (SSSR count). The van der Waals surface area contributed by atoms with E-state index in [1.54, 1.807) is 0 Å². The van der Waals surface area contributed by atoms with Gasteiger partial charge in [0, 0.05) is 19.3 Å². The van der Waals surface area contributed by atoms with Gasteiger partial charge in [0.1, 0.15) is 13.2 Å². The first-order chi connectivity index (χ1) is 35.0. The number of hydrogen-bond donors (Lipinski definition) is 0. The largest absolute Gasteiger partial charge is 0.462 e. The molecule has 0 spiro atoms. The molecule has 0 aliphatic heterocycles. The number of hydrogen-bond acceptors (Lipinski definition) is 6. The monoisotopic (exact) mass is 973 g/mol. The first-order valence-corrected chi connectivity index (χ1v) is 27.4. The van der Waals surface area contributed by atoms with Crippen LogP contribution in [0.4, 0.5) is 0 Å². The first kappa shape index (κ1) is 65.5. The van der Waals surface area contributed by atoms with Crippen LogP contribution in [-0.4, -0.2) is 37.2 Å². The Balaban J connectivity index is 4.71. The topological polar surface area (TPSA) is 78.9 Å². The van der Waals surface area contributed by atoms with Crippen LogP contribution in [0.5, 0.6) is 0 Å². The molecule has 0 radical (unpaired) electrons. The zero-order valence-corrected chi connectivity index (χ0v) is 44.6. The Hall–Kier alpha value is -5.49. The highest BCUT2D eigenvalue weighted by Crippen LogP contribution is 2.10. The van der Waals surface area contributed by atoms with E-state index in [0.29, 0.717) is 19.3 Å². The molecule has 0 saturated carbocycles. The Labute approximate surface area is 434 Å². The van der Waals surface area contributed by atoms with Crippen molar-refractivity contribution < 1.29 is 28.6 Å². The fourth-order valence-corrected chi connectivity index (χ4v) is 6.47. The Morgan fingerprint density at radius 2 is 0.620 bits per heavy atom. The Morgan fingerprint density at radius 3 is 1.01 bits per heavy atom. The summed E-state index contributed by atoms with van der Waals surface area (Å²) < 4.78 is 16.7. The molecule has 1 unspecified atom stereocenters. The number of esters is 3. The van der Waals surface area contributed by atoms with Crippen LogP contribution in [-0.2, 0) is 28.6 Å². The second-order valence-electron chi connectivity index (χ2n) is 17.2. The van der Waals surface area contributed by atoms with Crippen LogP contribution in [0.2, 0.25) is 0 Å². The number of ether oxygens (including phenoxy) is 3. The standard InChI is InChI=1S/C65H96O6/c1-4-7-10-13-16-19-22-25-28-31-32-35-37-40-43-46-49-52-55-58-64(67)70-61-62(71-65(68)59-56-53-50-47-44-41-38-34-30-27-24-21-18-15-12-9-6-3)60-69-63(66)57-54-51-48-45-42-39-36-33-29-26-23-20-17-14-11-8-5-2/h7,10,13,16-22,25-32,35-41,43,45,47-48,50,62H,4-6,8-9,11-12,14-15,23-24,33-34,42,44,46,49,51-61H2,1-3H3/b10-7-,16-13-,20-17-,21-18-,22-19-,28-25-,29-26-,30-27-,32-31+,37-35-,39-36-,41-38-,43-40-,48-45-,50-47-. The Morgan fingerprint density at radius 1 is 0.310 bits per heavy atom. The van der Waals surface area contributed by atoms with Crippen molar-refractivity contribution in [3.8, 4) is 0 Å². The van der Waals surface area contributed by atoms with Gasteiger partial charge in [-0.2, -0.15) is 0 Å². The van der Waals surface area contributed by atoms with Gasteiger partial charge in [0.25, 0.3) is 0 Å². The third kappa shape index (κ3) is 55.3. The minimum Gasteiger partial charge on any atom is -0.462 e. The summed E-state index contributed by atoms with van der Waals surface area (Å²) in [5, 5.41) is 0. The second kappa shape index (κ2) is 57.1. The molecule has 1 atom stereocenters. The highest BCUT2D eigenvalue weighted by atomic mass is 16.6. The van der Waals surface area contributed by atoms with Gasteiger partial charge in [0.2, 0.25) is 0 Å². The van der Waals surface area contributed by atoms with E-state index in [0.717, 1.165) is 77.0 Å². The van der Waals surface area contributed by atoms with E-state index in [4.69, 9.17) is 14.2 Å². The van der Waals surface area contributed by atoms with Crippen LogP contribution >= 0.6 is 0 Å². The summed E-state index contributed by atoms with van der Waals surface area (Å²) in [4.78, 5) is 38.1. The first-order valence-electron chi connectivity index (χ1n) is 27.4. The maximum Gasteiger partial charge on any atom is 0.306 e. The van der Waals surface area contributed by atoms with Gasteiger partial charge in [0.05, 0.1) is 0 Å². The third-order valence-corrected chi connectivity index (χ3v) is 10.6. The summed E-state index contributed by atoms with van der Waals surface area (Å²) >= 11 is 0. The lowest BCUT2D eigenvalue weighted by atomic mass is 10.1. The zero-order valence-electron chi connectivity index (χ0n) is 44.6. The van der Waals surface area contributed by atoms with Gasteiger partial charge in [-0.15, -0.1) is 0 Å². The molecule has 0 aromatic carbocycles. The van der Waals surface area contributed by atoms with Crippen molar-refractivity contribution in [3.63, 3.8) is 0 Å². The second-order valence-corrected chi connectivity index (χ2v) is 17.2. The molecule has 0 aromatic heterocycles. The van der Waals surface area contributed by atoms with Gasteiger partial charge >= 0.3 is 17.9 Å². The highest BCUT2D eigenvalue weighted by Gasteiger charge is 2.19. The molecule has 0 fully saturated rings. The van der Waals surface area contributed by atoms with Crippen LogP contribution in [0.25, 0.3) is 0 Å². The van der Waals surface area contributed by atoms with Crippen molar-refractivity contribution in [2.24, 2.45) is 0 Å². The molecule has 6 heteroatoms. The number of rotatable bonds is 46. The summed E-state index contributed by atoms with van der Waals surface area (Å²) in [7, 11) is 0. The summed E-state index contributed by atoms with van der Waals surface area (Å²) in [5.74, 6) is -1.12. The minimum atomic E-state index is -0.859. The highest BCUT2D eigenvalue weighted by molar-refractivity contribution is 5.71. The van der Waals surface area contributed by atoms with Gasteiger partial charge in [-0.3, -0.25) is 14.4 Å². The van der Waals surface area contributed by atoms with Crippen LogP contribution in [0.3, 0.4) is 0 Å². The average Bonchev–Trinajstić information content (AvgIpc) is 3.37. The maximum absolute atomic E-state index is 12.8. The lowest BCUT2D eigenvalue weighted by Gasteiger charge is -2.18. The van der Waals surface area contributed by atoms with Crippen molar-refractivity contribution in [1.82, 2.24) is 0 Å². The third-order valence-electron chi connectivity index (χ3n) is 10.6. The van der Waals surface area contributed by atoms with Crippen molar-refractivity contribution in [2.45, 2.75) is 194 Å². The SMILES string of the molecule is CC\C=C/C=C\C=C/C=C\C=C\C=C/C=C\CCCCCC(=O)OCC(COC(=O)CCC/C=C\C/C=C\C/C=C\C/C=C\CCCCC)OC(=O)CCC/C=C\C/C=C\C/C=C\C/C=C\CCCCC. The Bertz CT molecular complexity index is 1730. The summed E-state index contributed by atoms with van der Waals surface area (Å²) in [5.41, 5.74) is 0. The molecule has 6 nitrogen and oxygen atoms in total. The molecule has 0 aliphatic carbocycles. The number of carbonyl (C=O) groups is 3. The van der Waals surface area contributed by atoms with E-state index in [1.165, 1.54) is 51.4 Å². The van der Waals surface area contributed by atoms with E-state index < -0.39 is 12.1 Å². The lowest BCUT2D eigenvalue weighted by Crippen LogP contribution is -2.30. The van der Waals surface area contributed by atoms with Crippen molar-refractivity contribution in [1.29, 1.82) is 0 Å². The van der Waals surface area contributed by atoms with Crippen molar-refractivity contribution >= 4 is 17.9 Å². The summed E-state index contributed by atoms with van der Waals surface area (Å²) in [6.07, 6.45) is 85.9. The molecule has 0 bridgehead atoms. The molecule has 0 amide bonds. The van der Waals surface area contributed by atoms with Crippen LogP contribution in [0.1, 0.15) is 188 Å². The average molecular weight is 973 g/mol. The van der Waals surface area contributed by atoms with Crippen LogP contribution in [0, 0.1) is 0 Å². The van der Waals surface area contributed by atoms with Gasteiger partial charge < -0.3 is 14.2 Å². The Kier molecular flexibility index (Phi) is 52.7. The molecule has 0 aliphatic rings. The maximum atomic E-state index is 12.8. The predicted molar refractivity (Wildman–Crippen MR) is 306 cm³/mol. The van der Waals surface area contributed by atoms with Crippen LogP contribution in [0.15, 0.2) is 182 Å². The molecular weight excluding hydrogens is 877 g/mol. The fourth-order valence-electron chi connectivity index (χ4n) is 6.47. The summed E-state index contributed by atoms with van der Waals surface area (Å²) in [6.45, 7) is 6.27. The molecular formula is C65H96O6. The van der Waals surface area contributed by atoms with E-state index in [9.17, 15) is 14.4 Å². The van der Waals surface area contributed by atoms with Gasteiger partial charge in [-0.1, -0.05) is 235 Å². The van der Waals surface area contributed by atoms with E-state index in [-0.39, 0.29) is 44.4 Å². The zero-order chi connectivity index (χ0) is 51.4. The van der Waals surface area contributed by atoms with Crippen LogP contribution < -0.4 is 0 Å².